The maximum atomic E-state index is 11.1. The van der Waals surface area contributed by atoms with Crippen molar-refractivity contribution in [3.8, 4) is 0 Å². The van der Waals surface area contributed by atoms with Crippen LogP contribution in [0, 0.1) is 5.92 Å². The summed E-state index contributed by atoms with van der Waals surface area (Å²) in [7, 11) is 0. The van der Waals surface area contributed by atoms with E-state index in [1.54, 1.807) is 6.08 Å². The highest BCUT2D eigenvalue weighted by Crippen LogP contribution is 2.24. The maximum Gasteiger partial charge on any atom is 0.303 e. The Balaban J connectivity index is 2.70. The van der Waals surface area contributed by atoms with Gasteiger partial charge in [-0.05, 0) is 12.5 Å². The van der Waals surface area contributed by atoms with Gasteiger partial charge >= 0.3 is 11.9 Å². The van der Waals surface area contributed by atoms with Gasteiger partial charge in [-0.15, -0.1) is 0 Å². The van der Waals surface area contributed by atoms with Crippen LogP contribution < -0.4 is 0 Å². The highest BCUT2D eigenvalue weighted by molar-refractivity contribution is 5.66. The van der Waals surface area contributed by atoms with E-state index in [1.165, 1.54) is 20.1 Å². The molecule has 0 saturated carbocycles. The van der Waals surface area contributed by atoms with Gasteiger partial charge in [-0.1, -0.05) is 0 Å². The molecule has 1 aliphatic rings. The Morgan fingerprint density at radius 1 is 1.33 bits per heavy atom. The summed E-state index contributed by atoms with van der Waals surface area (Å²) < 4.78 is 15.4. The number of ether oxygens (including phenoxy) is 3. The maximum absolute atomic E-state index is 11.1. The molecule has 0 aromatic rings. The van der Waals surface area contributed by atoms with Gasteiger partial charge in [0.15, 0.2) is 6.10 Å². The van der Waals surface area contributed by atoms with Crippen molar-refractivity contribution in [2.75, 3.05) is 13.2 Å². The molecule has 102 valence electrons. The zero-order valence-electron chi connectivity index (χ0n) is 10.5. The van der Waals surface area contributed by atoms with E-state index < -0.39 is 24.1 Å². The molecule has 18 heavy (non-hydrogen) atoms. The summed E-state index contributed by atoms with van der Waals surface area (Å²) in [6.07, 6.45) is 2.56. The van der Waals surface area contributed by atoms with Crippen LogP contribution in [-0.2, 0) is 23.8 Å². The van der Waals surface area contributed by atoms with Crippen LogP contribution in [-0.4, -0.2) is 42.5 Å². The molecule has 1 rings (SSSR count). The molecule has 0 fully saturated rings. The number of aliphatic hydroxyl groups excluding tert-OH is 1. The Bertz CT molecular complexity index is 325. The smallest absolute Gasteiger partial charge is 0.303 e. The molecule has 0 aromatic heterocycles. The summed E-state index contributed by atoms with van der Waals surface area (Å²) in [5.41, 5.74) is 0. The lowest BCUT2D eigenvalue weighted by Crippen LogP contribution is -2.43. The predicted octanol–water partition coefficient (Wildman–Crippen LogP) is 0.392. The minimum absolute atomic E-state index is 0.0134. The molecule has 0 aliphatic carbocycles. The number of aliphatic hydroxyl groups is 1. The van der Waals surface area contributed by atoms with Crippen molar-refractivity contribution >= 4 is 11.9 Å². The Morgan fingerprint density at radius 2 is 2.06 bits per heavy atom. The third-order valence-electron chi connectivity index (χ3n) is 2.58. The lowest BCUT2D eigenvalue weighted by molar-refractivity contribution is -0.164. The zero-order valence-corrected chi connectivity index (χ0v) is 10.5. The topological polar surface area (TPSA) is 82.1 Å². The van der Waals surface area contributed by atoms with E-state index in [0.717, 1.165) is 0 Å². The van der Waals surface area contributed by atoms with Crippen molar-refractivity contribution in [3.05, 3.63) is 12.3 Å². The molecule has 0 bridgehead atoms. The third kappa shape index (κ3) is 4.37. The summed E-state index contributed by atoms with van der Waals surface area (Å²) in [5, 5.41) is 8.97. The minimum Gasteiger partial charge on any atom is -0.491 e. The minimum atomic E-state index is -0.556. The van der Waals surface area contributed by atoms with Crippen LogP contribution in [0.5, 0.6) is 0 Å². The van der Waals surface area contributed by atoms with E-state index in [4.69, 9.17) is 19.3 Å². The summed E-state index contributed by atoms with van der Waals surface area (Å²) in [5.74, 6) is -1.00. The zero-order chi connectivity index (χ0) is 13.5. The molecule has 0 spiro atoms. The first-order valence-corrected chi connectivity index (χ1v) is 5.78. The van der Waals surface area contributed by atoms with E-state index >= 15 is 0 Å². The van der Waals surface area contributed by atoms with E-state index in [1.807, 2.05) is 0 Å². The SMILES string of the molecule is CC(=O)OC[C@H]1OC=C[C@H](CCO)[C@H]1OC(C)=O. The van der Waals surface area contributed by atoms with Crippen molar-refractivity contribution in [2.24, 2.45) is 5.92 Å². The van der Waals surface area contributed by atoms with Gasteiger partial charge < -0.3 is 19.3 Å². The quantitative estimate of drug-likeness (QED) is 0.718. The molecule has 1 aliphatic heterocycles. The normalized spacial score (nSPS) is 26.3. The molecule has 6 heteroatoms. The Hall–Kier alpha value is -1.56. The Labute approximate surface area is 106 Å². The van der Waals surface area contributed by atoms with E-state index in [-0.39, 0.29) is 19.1 Å². The van der Waals surface area contributed by atoms with Gasteiger partial charge in [0.1, 0.15) is 12.7 Å². The average Bonchev–Trinajstić information content (AvgIpc) is 2.29. The van der Waals surface area contributed by atoms with Gasteiger partial charge in [-0.2, -0.15) is 0 Å². The first-order valence-electron chi connectivity index (χ1n) is 5.78. The molecular weight excluding hydrogens is 240 g/mol. The highest BCUT2D eigenvalue weighted by atomic mass is 16.6. The van der Waals surface area contributed by atoms with Crippen molar-refractivity contribution in [1.82, 2.24) is 0 Å². The summed E-state index contributed by atoms with van der Waals surface area (Å²) in [6, 6.07) is 0. The van der Waals surface area contributed by atoms with Gasteiger partial charge in [-0.3, -0.25) is 9.59 Å². The summed E-state index contributed by atoms with van der Waals surface area (Å²) in [6.45, 7) is 2.59. The van der Waals surface area contributed by atoms with Crippen LogP contribution in [0.4, 0.5) is 0 Å². The molecule has 0 saturated heterocycles. The van der Waals surface area contributed by atoms with Crippen molar-refractivity contribution < 1.29 is 28.9 Å². The number of carbonyl (C=O) groups is 2. The first-order chi connectivity index (χ1) is 8.54. The molecular formula is C12H18O6. The molecule has 1 N–H and O–H groups in total. The second-order valence-corrected chi connectivity index (χ2v) is 4.06. The average molecular weight is 258 g/mol. The van der Waals surface area contributed by atoms with Gasteiger partial charge in [-0.25, -0.2) is 0 Å². The number of hydrogen-bond donors (Lipinski definition) is 1. The van der Waals surface area contributed by atoms with Crippen LogP contribution in [0.25, 0.3) is 0 Å². The number of hydrogen-bond acceptors (Lipinski definition) is 6. The molecule has 3 atom stereocenters. The standard InChI is InChI=1S/C12H18O6/c1-8(14)17-7-11-12(18-9(2)15)10(3-5-13)4-6-16-11/h4,6,10-13H,3,5,7H2,1-2H3/t10-,11+,12+/m0/s1. The molecule has 0 amide bonds. The lowest BCUT2D eigenvalue weighted by atomic mass is 9.93. The van der Waals surface area contributed by atoms with E-state index in [9.17, 15) is 9.59 Å². The molecule has 0 unspecified atom stereocenters. The fourth-order valence-corrected chi connectivity index (χ4v) is 1.81. The van der Waals surface area contributed by atoms with Crippen LogP contribution in [0.3, 0.4) is 0 Å². The number of rotatable bonds is 5. The third-order valence-corrected chi connectivity index (χ3v) is 2.58. The lowest BCUT2D eigenvalue weighted by Gasteiger charge is -2.33. The van der Waals surface area contributed by atoms with Crippen LogP contribution >= 0.6 is 0 Å². The fraction of sp³-hybridized carbons (Fsp3) is 0.667. The largest absolute Gasteiger partial charge is 0.491 e. The van der Waals surface area contributed by atoms with Crippen LogP contribution in [0.1, 0.15) is 20.3 Å². The Morgan fingerprint density at radius 3 is 2.61 bits per heavy atom. The highest BCUT2D eigenvalue weighted by Gasteiger charge is 2.35. The van der Waals surface area contributed by atoms with E-state index in [2.05, 4.69) is 0 Å². The molecule has 1 heterocycles. The van der Waals surface area contributed by atoms with Gasteiger partial charge in [0.2, 0.25) is 0 Å². The summed E-state index contributed by atoms with van der Waals surface area (Å²) >= 11 is 0. The monoisotopic (exact) mass is 258 g/mol. The first kappa shape index (κ1) is 14.5. The van der Waals surface area contributed by atoms with E-state index in [0.29, 0.717) is 6.42 Å². The van der Waals surface area contributed by atoms with Crippen LogP contribution in [0.15, 0.2) is 12.3 Å². The number of esters is 2. The number of carbonyl (C=O) groups excluding carboxylic acids is 2. The van der Waals surface area contributed by atoms with Crippen molar-refractivity contribution in [2.45, 2.75) is 32.5 Å². The van der Waals surface area contributed by atoms with Gasteiger partial charge in [0.25, 0.3) is 0 Å². The summed E-state index contributed by atoms with van der Waals surface area (Å²) in [4.78, 5) is 21.9. The molecule has 0 radical (unpaired) electrons. The molecule has 6 nitrogen and oxygen atoms in total. The second-order valence-electron chi connectivity index (χ2n) is 4.06. The second kappa shape index (κ2) is 7.00. The molecule has 0 aromatic carbocycles. The fourth-order valence-electron chi connectivity index (χ4n) is 1.81. The van der Waals surface area contributed by atoms with Gasteiger partial charge in [0.05, 0.1) is 6.26 Å². The Kier molecular flexibility index (Phi) is 5.64. The van der Waals surface area contributed by atoms with Crippen LogP contribution in [0.2, 0.25) is 0 Å². The predicted molar refractivity (Wildman–Crippen MR) is 61.4 cm³/mol. The van der Waals surface area contributed by atoms with Crippen molar-refractivity contribution in [1.29, 1.82) is 0 Å². The van der Waals surface area contributed by atoms with Crippen molar-refractivity contribution in [3.63, 3.8) is 0 Å². The van der Waals surface area contributed by atoms with Gasteiger partial charge in [0, 0.05) is 26.4 Å².